The van der Waals surface area contributed by atoms with Crippen molar-refractivity contribution in [3.63, 3.8) is 0 Å². The van der Waals surface area contributed by atoms with Crippen molar-refractivity contribution >= 4 is 23.0 Å². The van der Waals surface area contributed by atoms with Gasteiger partial charge in [-0.05, 0) is 38.9 Å². The molecule has 7 heteroatoms. The summed E-state index contributed by atoms with van der Waals surface area (Å²) in [4.78, 5) is 15.2. The van der Waals surface area contributed by atoms with Crippen molar-refractivity contribution in [3.8, 4) is 0 Å². The van der Waals surface area contributed by atoms with Crippen LogP contribution in [0, 0.1) is 13.8 Å². The standard InChI is InChI=1S/C21H32N6S/c1-17-18(2)28-20(25-17)16-24-21(22-3)23-10-7-11-26-12-14-27(15-13-26)19-8-5-4-6-9-19/h4-6,8-9H,7,10-16H2,1-3H3,(H2,22,23,24). The van der Waals surface area contributed by atoms with E-state index in [1.54, 1.807) is 11.3 Å². The number of aliphatic imine (C=N–C) groups is 1. The summed E-state index contributed by atoms with van der Waals surface area (Å²) in [5.74, 6) is 0.847. The molecule has 0 unspecified atom stereocenters. The fraction of sp³-hybridized carbons (Fsp3) is 0.524. The summed E-state index contributed by atoms with van der Waals surface area (Å²) in [5, 5.41) is 7.87. The van der Waals surface area contributed by atoms with Crippen molar-refractivity contribution in [1.82, 2.24) is 20.5 Å². The summed E-state index contributed by atoms with van der Waals surface area (Å²) in [5.41, 5.74) is 2.46. The topological polar surface area (TPSA) is 55.8 Å². The second kappa shape index (κ2) is 10.4. The quantitative estimate of drug-likeness (QED) is 0.425. The van der Waals surface area contributed by atoms with Gasteiger partial charge in [0.2, 0.25) is 0 Å². The number of thiazole rings is 1. The van der Waals surface area contributed by atoms with E-state index in [9.17, 15) is 0 Å². The fourth-order valence-corrected chi connectivity index (χ4v) is 4.25. The van der Waals surface area contributed by atoms with E-state index >= 15 is 0 Å². The molecule has 1 aromatic carbocycles. The van der Waals surface area contributed by atoms with E-state index in [2.05, 4.69) is 74.6 Å². The number of para-hydroxylation sites is 1. The second-order valence-electron chi connectivity index (χ2n) is 7.12. The Hall–Kier alpha value is -2.12. The van der Waals surface area contributed by atoms with Gasteiger partial charge in [-0.3, -0.25) is 9.89 Å². The molecule has 28 heavy (non-hydrogen) atoms. The fourth-order valence-electron chi connectivity index (χ4n) is 3.37. The summed E-state index contributed by atoms with van der Waals surface area (Å²) in [6, 6.07) is 10.7. The Kier molecular flexibility index (Phi) is 7.68. The average molecular weight is 401 g/mol. The van der Waals surface area contributed by atoms with Gasteiger partial charge in [-0.1, -0.05) is 18.2 Å². The highest BCUT2D eigenvalue weighted by Crippen LogP contribution is 2.16. The number of rotatable bonds is 7. The van der Waals surface area contributed by atoms with Crippen LogP contribution in [-0.4, -0.2) is 62.2 Å². The molecule has 0 spiro atoms. The number of hydrogen-bond acceptors (Lipinski definition) is 5. The van der Waals surface area contributed by atoms with Crippen LogP contribution in [0.15, 0.2) is 35.3 Å². The van der Waals surface area contributed by atoms with Crippen molar-refractivity contribution in [2.75, 3.05) is 51.2 Å². The van der Waals surface area contributed by atoms with Crippen molar-refractivity contribution in [2.45, 2.75) is 26.8 Å². The highest BCUT2D eigenvalue weighted by Gasteiger charge is 2.16. The van der Waals surface area contributed by atoms with Crippen LogP contribution in [-0.2, 0) is 6.54 Å². The Morgan fingerprint density at radius 1 is 1.11 bits per heavy atom. The van der Waals surface area contributed by atoms with Gasteiger partial charge in [-0.15, -0.1) is 11.3 Å². The van der Waals surface area contributed by atoms with Crippen molar-refractivity contribution < 1.29 is 0 Å². The smallest absolute Gasteiger partial charge is 0.191 e. The lowest BCUT2D eigenvalue weighted by molar-refractivity contribution is 0.255. The number of nitrogens with one attached hydrogen (secondary N) is 2. The number of aryl methyl sites for hydroxylation is 2. The first-order chi connectivity index (χ1) is 13.7. The Morgan fingerprint density at radius 3 is 2.50 bits per heavy atom. The lowest BCUT2D eigenvalue weighted by atomic mass is 10.2. The van der Waals surface area contributed by atoms with Gasteiger partial charge >= 0.3 is 0 Å². The van der Waals surface area contributed by atoms with Gasteiger partial charge in [0.15, 0.2) is 5.96 Å². The predicted octanol–water partition coefficient (Wildman–Crippen LogP) is 2.64. The number of benzene rings is 1. The molecule has 0 saturated carbocycles. The van der Waals surface area contributed by atoms with E-state index in [0.717, 1.165) is 68.9 Å². The molecule has 1 fully saturated rings. The molecular weight excluding hydrogens is 368 g/mol. The van der Waals surface area contributed by atoms with Crippen LogP contribution in [0.3, 0.4) is 0 Å². The molecule has 1 aliphatic rings. The first kappa shape index (κ1) is 20.6. The molecule has 1 aliphatic heterocycles. The van der Waals surface area contributed by atoms with Crippen LogP contribution >= 0.6 is 11.3 Å². The molecule has 0 amide bonds. The molecule has 152 valence electrons. The minimum atomic E-state index is 0.723. The maximum Gasteiger partial charge on any atom is 0.191 e. The van der Waals surface area contributed by atoms with E-state index < -0.39 is 0 Å². The van der Waals surface area contributed by atoms with Crippen LogP contribution < -0.4 is 15.5 Å². The maximum atomic E-state index is 4.56. The Labute approximate surface area is 172 Å². The number of anilines is 1. The summed E-state index contributed by atoms with van der Waals surface area (Å²) < 4.78 is 0. The average Bonchev–Trinajstić information content (AvgIpc) is 3.06. The van der Waals surface area contributed by atoms with Crippen LogP contribution in [0.5, 0.6) is 0 Å². The minimum absolute atomic E-state index is 0.723. The first-order valence-electron chi connectivity index (χ1n) is 10.1. The molecule has 3 rings (SSSR count). The summed E-state index contributed by atoms with van der Waals surface area (Å²) in [6.07, 6.45) is 1.11. The van der Waals surface area contributed by atoms with Gasteiger partial charge in [0.05, 0.1) is 12.2 Å². The first-order valence-corrected chi connectivity index (χ1v) is 10.9. The van der Waals surface area contributed by atoms with E-state index in [1.165, 1.54) is 10.6 Å². The zero-order valence-electron chi connectivity index (χ0n) is 17.2. The van der Waals surface area contributed by atoms with E-state index in [1.807, 2.05) is 7.05 Å². The molecule has 1 aromatic heterocycles. The summed E-state index contributed by atoms with van der Waals surface area (Å²) in [6.45, 7) is 11.4. The van der Waals surface area contributed by atoms with Crippen molar-refractivity contribution in [3.05, 3.63) is 45.9 Å². The number of guanidine groups is 1. The minimum Gasteiger partial charge on any atom is -0.369 e. The largest absolute Gasteiger partial charge is 0.369 e. The molecule has 6 nitrogen and oxygen atoms in total. The third kappa shape index (κ3) is 5.94. The highest BCUT2D eigenvalue weighted by atomic mass is 32.1. The molecule has 0 radical (unpaired) electrons. The second-order valence-corrected chi connectivity index (χ2v) is 8.41. The molecule has 1 saturated heterocycles. The SMILES string of the molecule is CN=C(NCCCN1CCN(c2ccccc2)CC1)NCc1nc(C)c(C)s1. The molecule has 0 atom stereocenters. The van der Waals surface area contributed by atoms with Crippen LogP contribution in [0.2, 0.25) is 0 Å². The molecule has 0 bridgehead atoms. The van der Waals surface area contributed by atoms with Crippen LogP contribution in [0.4, 0.5) is 5.69 Å². The van der Waals surface area contributed by atoms with Gasteiger partial charge in [-0.25, -0.2) is 4.98 Å². The Morgan fingerprint density at radius 2 is 1.86 bits per heavy atom. The number of piperazine rings is 1. The van der Waals surface area contributed by atoms with E-state index in [4.69, 9.17) is 0 Å². The predicted molar refractivity (Wildman–Crippen MR) is 120 cm³/mol. The van der Waals surface area contributed by atoms with Gasteiger partial charge < -0.3 is 15.5 Å². The third-order valence-electron chi connectivity index (χ3n) is 5.14. The molecule has 0 aliphatic carbocycles. The Balaban J connectivity index is 1.30. The number of hydrogen-bond donors (Lipinski definition) is 2. The van der Waals surface area contributed by atoms with Crippen molar-refractivity contribution in [1.29, 1.82) is 0 Å². The molecular formula is C21H32N6S. The molecule has 2 heterocycles. The van der Waals surface area contributed by atoms with Gasteiger partial charge in [0.25, 0.3) is 0 Å². The highest BCUT2D eigenvalue weighted by molar-refractivity contribution is 7.11. The Bertz CT molecular complexity index is 730. The third-order valence-corrected chi connectivity index (χ3v) is 6.21. The van der Waals surface area contributed by atoms with Gasteiger partial charge in [0.1, 0.15) is 5.01 Å². The number of nitrogens with zero attached hydrogens (tertiary/aromatic N) is 4. The molecule has 2 aromatic rings. The van der Waals surface area contributed by atoms with Gasteiger partial charge in [-0.2, -0.15) is 0 Å². The summed E-state index contributed by atoms with van der Waals surface area (Å²) >= 11 is 1.75. The monoisotopic (exact) mass is 400 g/mol. The lowest BCUT2D eigenvalue weighted by Crippen LogP contribution is -2.47. The molecule has 2 N–H and O–H groups in total. The lowest BCUT2D eigenvalue weighted by Gasteiger charge is -2.36. The van der Waals surface area contributed by atoms with E-state index in [-0.39, 0.29) is 0 Å². The van der Waals surface area contributed by atoms with Crippen molar-refractivity contribution in [2.24, 2.45) is 4.99 Å². The maximum absolute atomic E-state index is 4.56. The van der Waals surface area contributed by atoms with E-state index in [0.29, 0.717) is 0 Å². The van der Waals surface area contributed by atoms with Crippen LogP contribution in [0.1, 0.15) is 22.0 Å². The zero-order chi connectivity index (χ0) is 19.8. The van der Waals surface area contributed by atoms with Crippen LogP contribution in [0.25, 0.3) is 0 Å². The normalized spacial score (nSPS) is 15.7. The van der Waals surface area contributed by atoms with Gasteiger partial charge in [0, 0.05) is 50.3 Å². The summed E-state index contributed by atoms with van der Waals surface area (Å²) in [7, 11) is 1.82. The number of aromatic nitrogens is 1. The zero-order valence-corrected chi connectivity index (χ0v) is 18.1.